The Labute approximate surface area is 196 Å². The lowest BCUT2D eigenvalue weighted by molar-refractivity contribution is -0.0349. The van der Waals surface area contributed by atoms with Gasteiger partial charge in [-0.25, -0.2) is 4.98 Å². The zero-order valence-corrected chi connectivity index (χ0v) is 20.4. The highest BCUT2D eigenvalue weighted by atomic mass is 16.5. The Morgan fingerprint density at radius 2 is 2.06 bits per heavy atom. The number of aryl methyl sites for hydroxylation is 2. The van der Waals surface area contributed by atoms with Crippen LogP contribution in [0.3, 0.4) is 0 Å². The summed E-state index contributed by atoms with van der Waals surface area (Å²) in [4.78, 5) is 20.3. The zero-order valence-electron chi connectivity index (χ0n) is 20.4. The van der Waals surface area contributed by atoms with Gasteiger partial charge in [0.15, 0.2) is 0 Å². The quantitative estimate of drug-likeness (QED) is 0.590. The Kier molecular flexibility index (Phi) is 7.10. The van der Waals surface area contributed by atoms with Crippen LogP contribution in [0.4, 0.5) is 0 Å². The second-order valence-electron chi connectivity index (χ2n) is 9.28. The molecule has 0 saturated carbocycles. The van der Waals surface area contributed by atoms with Crippen LogP contribution in [0, 0.1) is 19.8 Å². The first-order valence-corrected chi connectivity index (χ1v) is 11.9. The minimum Gasteiger partial charge on any atom is -0.369 e. The molecule has 3 heterocycles. The summed E-state index contributed by atoms with van der Waals surface area (Å²) < 4.78 is 8.21. The van der Waals surface area contributed by atoms with Crippen molar-refractivity contribution in [1.82, 2.24) is 25.0 Å². The van der Waals surface area contributed by atoms with Crippen LogP contribution in [0.5, 0.6) is 0 Å². The molecule has 4 rings (SSSR count). The van der Waals surface area contributed by atoms with E-state index in [-0.39, 0.29) is 12.0 Å². The van der Waals surface area contributed by atoms with E-state index in [1.54, 1.807) is 0 Å². The molecule has 1 aliphatic rings. The van der Waals surface area contributed by atoms with Gasteiger partial charge in [-0.15, -0.1) is 0 Å². The number of nitrogens with zero attached hydrogens (tertiary/aromatic N) is 4. The molecule has 7 nitrogen and oxygen atoms in total. The summed E-state index contributed by atoms with van der Waals surface area (Å²) in [5, 5.41) is 8.59. The summed E-state index contributed by atoms with van der Waals surface area (Å²) in [7, 11) is 0. The standard InChI is InChI=1S/C26H35N5O2/c1-6-31-19(5)22(18(4)29-31)15-30-11-12-33-25(16-30)24-13-21(26(32)27-14-17(2)3)20-9-7-8-10-23(20)28-24/h7-10,13,17,25H,6,11-12,14-16H2,1-5H3,(H,27,32)/t25-/m0/s1. The smallest absolute Gasteiger partial charge is 0.252 e. The molecule has 1 amide bonds. The fraction of sp³-hybridized carbons (Fsp3) is 0.500. The third kappa shape index (κ3) is 5.09. The van der Waals surface area contributed by atoms with Gasteiger partial charge in [0, 0.05) is 49.4 Å². The van der Waals surface area contributed by atoms with Crippen LogP contribution in [0.2, 0.25) is 0 Å². The lowest BCUT2D eigenvalue weighted by Crippen LogP contribution is -2.38. The van der Waals surface area contributed by atoms with Gasteiger partial charge < -0.3 is 10.1 Å². The van der Waals surface area contributed by atoms with Gasteiger partial charge in [-0.2, -0.15) is 5.10 Å². The topological polar surface area (TPSA) is 72.3 Å². The van der Waals surface area contributed by atoms with Crippen molar-refractivity contribution in [1.29, 1.82) is 0 Å². The Morgan fingerprint density at radius 1 is 1.27 bits per heavy atom. The summed E-state index contributed by atoms with van der Waals surface area (Å²) in [5.41, 5.74) is 5.90. The summed E-state index contributed by atoms with van der Waals surface area (Å²) in [6.45, 7) is 15.1. The highest BCUT2D eigenvalue weighted by Gasteiger charge is 2.26. The Morgan fingerprint density at radius 3 is 2.79 bits per heavy atom. The van der Waals surface area contributed by atoms with E-state index in [4.69, 9.17) is 9.72 Å². The molecule has 33 heavy (non-hydrogen) atoms. The number of amides is 1. The van der Waals surface area contributed by atoms with E-state index in [1.807, 2.05) is 30.3 Å². The van der Waals surface area contributed by atoms with E-state index in [2.05, 4.69) is 54.6 Å². The fourth-order valence-electron chi connectivity index (χ4n) is 4.46. The fourth-order valence-corrected chi connectivity index (χ4v) is 4.46. The number of ether oxygens (including phenoxy) is 1. The van der Waals surface area contributed by atoms with Gasteiger partial charge in [-0.05, 0) is 38.8 Å². The van der Waals surface area contributed by atoms with Gasteiger partial charge in [-0.1, -0.05) is 32.0 Å². The van der Waals surface area contributed by atoms with Crippen LogP contribution in [0.1, 0.15) is 59.9 Å². The molecular formula is C26H35N5O2. The van der Waals surface area contributed by atoms with Crippen molar-refractivity contribution in [2.75, 3.05) is 26.2 Å². The molecule has 2 aromatic heterocycles. The lowest BCUT2D eigenvalue weighted by Gasteiger charge is -2.33. The summed E-state index contributed by atoms with van der Waals surface area (Å²) in [6, 6.07) is 9.74. The van der Waals surface area contributed by atoms with Crippen molar-refractivity contribution >= 4 is 16.8 Å². The van der Waals surface area contributed by atoms with Gasteiger partial charge in [0.1, 0.15) is 6.10 Å². The number of nitrogens with one attached hydrogen (secondary N) is 1. The van der Waals surface area contributed by atoms with E-state index in [1.165, 1.54) is 11.3 Å². The van der Waals surface area contributed by atoms with Crippen molar-refractivity contribution in [3.05, 3.63) is 58.5 Å². The molecule has 1 saturated heterocycles. The van der Waals surface area contributed by atoms with Crippen LogP contribution < -0.4 is 5.32 Å². The molecule has 0 radical (unpaired) electrons. The first-order valence-electron chi connectivity index (χ1n) is 11.9. The SMILES string of the molecule is CCn1nc(C)c(CN2CCO[C@H](c3cc(C(=O)NCC(C)C)c4ccccc4n3)C2)c1C. The molecule has 0 aliphatic carbocycles. The largest absolute Gasteiger partial charge is 0.369 e. The normalized spacial score (nSPS) is 17.1. The van der Waals surface area contributed by atoms with Gasteiger partial charge in [-0.3, -0.25) is 14.4 Å². The number of aromatic nitrogens is 3. The van der Waals surface area contributed by atoms with Crippen molar-refractivity contribution in [3.8, 4) is 0 Å². The van der Waals surface area contributed by atoms with Gasteiger partial charge in [0.05, 0.1) is 29.1 Å². The minimum absolute atomic E-state index is 0.0607. The van der Waals surface area contributed by atoms with Crippen LogP contribution in [-0.4, -0.2) is 51.8 Å². The average Bonchev–Trinajstić information content (AvgIpc) is 3.09. The molecule has 1 aromatic carbocycles. The number of benzene rings is 1. The van der Waals surface area contributed by atoms with Crippen LogP contribution in [-0.2, 0) is 17.8 Å². The number of hydrogen-bond donors (Lipinski definition) is 1. The number of pyridine rings is 1. The highest BCUT2D eigenvalue weighted by Crippen LogP contribution is 2.27. The van der Waals surface area contributed by atoms with Crippen LogP contribution in [0.25, 0.3) is 10.9 Å². The van der Waals surface area contributed by atoms with Crippen LogP contribution in [0.15, 0.2) is 30.3 Å². The van der Waals surface area contributed by atoms with Gasteiger partial charge in [0.2, 0.25) is 0 Å². The second kappa shape index (κ2) is 10.0. The number of fused-ring (bicyclic) bond motifs is 1. The van der Waals surface area contributed by atoms with E-state index in [0.29, 0.717) is 24.6 Å². The number of carbonyl (C=O) groups excluding carboxylic acids is 1. The number of hydrogen-bond acceptors (Lipinski definition) is 5. The third-order valence-corrected chi connectivity index (χ3v) is 6.34. The second-order valence-corrected chi connectivity index (χ2v) is 9.28. The predicted molar refractivity (Wildman–Crippen MR) is 130 cm³/mol. The Balaban J connectivity index is 1.59. The van der Waals surface area contributed by atoms with Gasteiger partial charge in [0.25, 0.3) is 5.91 Å². The molecule has 1 N–H and O–H groups in total. The van der Waals surface area contributed by atoms with Gasteiger partial charge >= 0.3 is 0 Å². The van der Waals surface area contributed by atoms with Crippen molar-refractivity contribution in [2.24, 2.45) is 5.92 Å². The number of para-hydroxylation sites is 1. The Hall–Kier alpha value is -2.77. The highest BCUT2D eigenvalue weighted by molar-refractivity contribution is 6.06. The molecule has 0 unspecified atom stereocenters. The van der Waals surface area contributed by atoms with E-state index >= 15 is 0 Å². The number of rotatable bonds is 7. The van der Waals surface area contributed by atoms with Crippen molar-refractivity contribution in [3.63, 3.8) is 0 Å². The Bertz CT molecular complexity index is 1140. The average molecular weight is 450 g/mol. The first-order chi connectivity index (χ1) is 15.9. The van der Waals surface area contributed by atoms with E-state index < -0.39 is 0 Å². The molecule has 3 aromatic rings. The zero-order chi connectivity index (χ0) is 23.5. The number of morpholine rings is 1. The molecule has 176 valence electrons. The number of carbonyl (C=O) groups is 1. The maximum atomic E-state index is 13.0. The van der Waals surface area contributed by atoms with Crippen molar-refractivity contribution in [2.45, 2.75) is 53.8 Å². The monoisotopic (exact) mass is 449 g/mol. The lowest BCUT2D eigenvalue weighted by atomic mass is 10.0. The summed E-state index contributed by atoms with van der Waals surface area (Å²) in [6.07, 6.45) is -0.179. The maximum Gasteiger partial charge on any atom is 0.252 e. The molecule has 1 atom stereocenters. The first kappa shape index (κ1) is 23.4. The molecule has 0 bridgehead atoms. The minimum atomic E-state index is -0.179. The maximum absolute atomic E-state index is 13.0. The molecule has 7 heteroatoms. The summed E-state index contributed by atoms with van der Waals surface area (Å²) in [5.74, 6) is 0.329. The van der Waals surface area contributed by atoms with E-state index in [0.717, 1.165) is 48.5 Å². The predicted octanol–water partition coefficient (Wildman–Crippen LogP) is 4.03. The molecule has 1 aliphatic heterocycles. The summed E-state index contributed by atoms with van der Waals surface area (Å²) >= 11 is 0. The molecule has 1 fully saturated rings. The third-order valence-electron chi connectivity index (χ3n) is 6.34. The molecule has 0 spiro atoms. The van der Waals surface area contributed by atoms with E-state index in [9.17, 15) is 4.79 Å². The van der Waals surface area contributed by atoms with Crippen LogP contribution >= 0.6 is 0 Å². The van der Waals surface area contributed by atoms with Crippen molar-refractivity contribution < 1.29 is 9.53 Å². The molecular weight excluding hydrogens is 414 g/mol.